The number of carbonyl (C=O) groups excluding carboxylic acids is 1. The monoisotopic (exact) mass is 203 g/mol. The summed E-state index contributed by atoms with van der Waals surface area (Å²) in [4.78, 5) is 16.9. The molecule has 0 radical (unpaired) electrons. The summed E-state index contributed by atoms with van der Waals surface area (Å²) in [7, 11) is -1.17. The van der Waals surface area contributed by atoms with Crippen molar-refractivity contribution in [2.75, 3.05) is 5.88 Å². The molecule has 0 fully saturated rings. The molecular formula is C4H6Cl2O3P+. The van der Waals surface area contributed by atoms with E-state index in [4.69, 9.17) is 32.7 Å². The second kappa shape index (κ2) is 11.8. The van der Waals surface area contributed by atoms with Gasteiger partial charge >= 0.3 is 8.69 Å². The van der Waals surface area contributed by atoms with Crippen LogP contribution in [0.15, 0.2) is 12.2 Å². The van der Waals surface area contributed by atoms with Crippen LogP contribution in [-0.4, -0.2) is 16.0 Å². The lowest BCUT2D eigenvalue weighted by atomic mass is 10.6. The molecule has 0 aromatic rings. The number of hydrogen-bond donors (Lipinski definition) is 1. The maximum atomic E-state index is 9.82. The topological polar surface area (TPSA) is 54.4 Å². The summed E-state index contributed by atoms with van der Waals surface area (Å²) in [6.07, 6.45) is 2.70. The molecule has 0 rings (SSSR count). The number of alkyl halides is 1. The standard InChI is InChI=1S/C4H4Cl2O.HO2P/c5-3-1-2-4(6)7;1-3-2/h1-2H,3H2;3H/p+1/b2-1+;. The molecule has 0 aromatic carbocycles. The second-order valence-corrected chi connectivity index (χ2v) is 1.82. The van der Waals surface area contributed by atoms with Crippen molar-refractivity contribution < 1.29 is 14.3 Å². The Balaban J connectivity index is 0. The summed E-state index contributed by atoms with van der Waals surface area (Å²) < 4.78 is 8.51. The Hall–Kier alpha value is 0.0500. The van der Waals surface area contributed by atoms with Crippen molar-refractivity contribution in [1.29, 1.82) is 0 Å². The molecule has 0 heterocycles. The molecule has 1 unspecified atom stereocenters. The van der Waals surface area contributed by atoms with Gasteiger partial charge < -0.3 is 0 Å². The van der Waals surface area contributed by atoms with Gasteiger partial charge in [0.25, 0.3) is 0 Å². The number of halogens is 2. The zero-order valence-corrected chi connectivity index (χ0v) is 7.39. The molecule has 0 bridgehead atoms. The fourth-order valence-electron chi connectivity index (χ4n) is 0.137. The van der Waals surface area contributed by atoms with Crippen molar-refractivity contribution >= 4 is 37.1 Å². The Kier molecular flexibility index (Phi) is 15.0. The van der Waals surface area contributed by atoms with Gasteiger partial charge in [-0.2, -0.15) is 4.89 Å². The largest absolute Gasteiger partial charge is 0.491 e. The molecule has 3 nitrogen and oxygen atoms in total. The van der Waals surface area contributed by atoms with Gasteiger partial charge in [0, 0.05) is 5.88 Å². The van der Waals surface area contributed by atoms with Crippen molar-refractivity contribution in [3.63, 3.8) is 0 Å². The van der Waals surface area contributed by atoms with Crippen molar-refractivity contribution in [2.45, 2.75) is 0 Å². The lowest BCUT2D eigenvalue weighted by molar-refractivity contribution is -0.107. The van der Waals surface area contributed by atoms with Gasteiger partial charge in [0.2, 0.25) is 5.24 Å². The van der Waals surface area contributed by atoms with E-state index in [1.807, 2.05) is 0 Å². The molecule has 0 saturated heterocycles. The summed E-state index contributed by atoms with van der Waals surface area (Å²) in [6, 6.07) is 0. The SMILES string of the molecule is O=C(Cl)/C=C/CCl.O=[PH+]O. The van der Waals surface area contributed by atoms with Gasteiger partial charge in [0.05, 0.1) is 0 Å². The quantitative estimate of drug-likeness (QED) is 0.320. The average Bonchev–Trinajstić information content (AvgIpc) is 1.85. The van der Waals surface area contributed by atoms with Gasteiger partial charge in [-0.05, 0) is 22.2 Å². The molecule has 0 aliphatic rings. The van der Waals surface area contributed by atoms with Crippen LogP contribution >= 0.6 is 31.9 Å². The Morgan fingerprint density at radius 3 is 2.20 bits per heavy atom. The molecule has 0 amide bonds. The molecule has 10 heavy (non-hydrogen) atoms. The Bertz CT molecular complexity index is 126. The Morgan fingerprint density at radius 1 is 1.70 bits per heavy atom. The van der Waals surface area contributed by atoms with Crippen LogP contribution in [-0.2, 0) is 9.36 Å². The average molecular weight is 204 g/mol. The maximum absolute atomic E-state index is 9.82. The fraction of sp³-hybridized carbons (Fsp3) is 0.250. The first-order valence-electron chi connectivity index (χ1n) is 2.12. The van der Waals surface area contributed by atoms with E-state index in [0.29, 0.717) is 5.88 Å². The molecule has 0 aliphatic heterocycles. The highest BCUT2D eigenvalue weighted by molar-refractivity contribution is 7.16. The lowest BCUT2D eigenvalue weighted by Gasteiger charge is -1.70. The van der Waals surface area contributed by atoms with Crippen LogP contribution in [0.25, 0.3) is 0 Å². The minimum atomic E-state index is -1.17. The summed E-state index contributed by atoms with van der Waals surface area (Å²) in [5, 5.41) is -0.486. The van der Waals surface area contributed by atoms with Gasteiger partial charge in [0.1, 0.15) is 0 Å². The number of carbonyl (C=O) groups is 1. The molecule has 0 saturated carbocycles. The van der Waals surface area contributed by atoms with Crippen molar-refractivity contribution in [3.8, 4) is 0 Å². The van der Waals surface area contributed by atoms with Gasteiger partial charge in [-0.25, -0.2) is 0 Å². The van der Waals surface area contributed by atoms with Crippen LogP contribution in [0.3, 0.4) is 0 Å². The van der Waals surface area contributed by atoms with Gasteiger partial charge in [-0.15, -0.1) is 11.6 Å². The maximum Gasteiger partial charge on any atom is 0.491 e. The molecular weight excluding hydrogens is 198 g/mol. The van der Waals surface area contributed by atoms with Crippen molar-refractivity contribution in [3.05, 3.63) is 12.2 Å². The molecule has 0 aliphatic carbocycles. The van der Waals surface area contributed by atoms with Crippen LogP contribution < -0.4 is 0 Å². The minimum absolute atomic E-state index is 0.332. The molecule has 0 spiro atoms. The zero-order valence-electron chi connectivity index (χ0n) is 4.88. The van der Waals surface area contributed by atoms with Crippen LogP contribution in [0.5, 0.6) is 0 Å². The van der Waals surface area contributed by atoms with Crippen molar-refractivity contribution in [2.24, 2.45) is 0 Å². The van der Waals surface area contributed by atoms with E-state index in [9.17, 15) is 4.79 Å². The third-order valence-corrected chi connectivity index (χ3v) is 0.642. The van der Waals surface area contributed by atoms with E-state index < -0.39 is 13.9 Å². The normalized spacial score (nSPS) is 9.10. The molecule has 1 atom stereocenters. The van der Waals surface area contributed by atoms with E-state index in [2.05, 4.69) is 0 Å². The first-order valence-corrected chi connectivity index (χ1v) is 3.89. The van der Waals surface area contributed by atoms with Crippen LogP contribution in [0.4, 0.5) is 0 Å². The van der Waals surface area contributed by atoms with E-state index in [1.54, 1.807) is 0 Å². The summed E-state index contributed by atoms with van der Waals surface area (Å²) in [5.74, 6) is 0.332. The number of hydrogen-bond acceptors (Lipinski definition) is 2. The molecule has 1 N–H and O–H groups in total. The molecule has 58 valence electrons. The third kappa shape index (κ3) is 24.4. The third-order valence-electron chi connectivity index (χ3n) is 0.338. The Labute approximate surface area is 69.9 Å². The first kappa shape index (κ1) is 12.7. The minimum Gasteiger partial charge on any atom is -0.276 e. The highest BCUT2D eigenvalue weighted by atomic mass is 35.5. The molecule has 0 aromatic heterocycles. The van der Waals surface area contributed by atoms with Gasteiger partial charge in [-0.3, -0.25) is 4.79 Å². The smallest absolute Gasteiger partial charge is 0.276 e. The van der Waals surface area contributed by atoms with Crippen LogP contribution in [0, 0.1) is 0 Å². The van der Waals surface area contributed by atoms with Crippen LogP contribution in [0.1, 0.15) is 0 Å². The number of allylic oxidation sites excluding steroid dienone is 2. The summed E-state index contributed by atoms with van der Waals surface area (Å²) >= 11 is 10.0. The Morgan fingerprint density at radius 2 is 2.10 bits per heavy atom. The van der Waals surface area contributed by atoms with Gasteiger partial charge in [0.15, 0.2) is 0 Å². The first-order chi connectivity index (χ1) is 4.68. The van der Waals surface area contributed by atoms with Crippen molar-refractivity contribution in [1.82, 2.24) is 0 Å². The van der Waals surface area contributed by atoms with E-state index in [-0.39, 0.29) is 0 Å². The summed E-state index contributed by atoms with van der Waals surface area (Å²) in [5.41, 5.74) is 0. The van der Waals surface area contributed by atoms with E-state index in [0.717, 1.165) is 0 Å². The van der Waals surface area contributed by atoms with E-state index in [1.165, 1.54) is 12.2 Å². The lowest BCUT2D eigenvalue weighted by Crippen LogP contribution is -1.73. The number of rotatable bonds is 2. The molecule has 6 heteroatoms. The second-order valence-electron chi connectivity index (χ2n) is 0.952. The predicted molar refractivity (Wildman–Crippen MR) is 41.9 cm³/mol. The zero-order chi connectivity index (χ0) is 8.41. The van der Waals surface area contributed by atoms with Gasteiger partial charge in [-0.1, -0.05) is 6.08 Å². The highest BCUT2D eigenvalue weighted by Crippen LogP contribution is 1.83. The highest BCUT2D eigenvalue weighted by Gasteiger charge is 1.79. The van der Waals surface area contributed by atoms with Crippen LogP contribution in [0.2, 0.25) is 0 Å². The van der Waals surface area contributed by atoms with E-state index >= 15 is 0 Å². The summed E-state index contributed by atoms with van der Waals surface area (Å²) in [6.45, 7) is 0. The fourth-order valence-corrected chi connectivity index (χ4v) is 0.315. The predicted octanol–water partition coefficient (Wildman–Crippen LogP) is 1.46.